The van der Waals surface area contributed by atoms with Crippen molar-refractivity contribution in [3.05, 3.63) is 36.8 Å². The molecule has 0 aliphatic rings. The lowest BCUT2D eigenvalue weighted by Gasteiger charge is -2.03. The summed E-state index contributed by atoms with van der Waals surface area (Å²) in [5, 5.41) is 0.835. The Kier molecular flexibility index (Phi) is 2.73. The van der Waals surface area contributed by atoms with Crippen molar-refractivity contribution < 1.29 is 0 Å². The van der Waals surface area contributed by atoms with Crippen molar-refractivity contribution in [3.8, 4) is 0 Å². The molecule has 0 amide bonds. The van der Waals surface area contributed by atoms with Gasteiger partial charge in [-0.05, 0) is 18.2 Å². The molecule has 0 atom stereocenters. The second-order valence-corrected chi connectivity index (χ2v) is 4.03. The zero-order valence-electron chi connectivity index (χ0n) is 7.92. The normalized spacial score (nSPS) is 10.1. The molecule has 2 rings (SSSR count). The Balaban J connectivity index is 2.22. The molecule has 0 unspecified atom stereocenters. The Morgan fingerprint density at radius 1 is 1.07 bits per heavy atom. The van der Waals surface area contributed by atoms with E-state index in [1.54, 1.807) is 24.7 Å². The first-order valence-corrected chi connectivity index (χ1v) is 5.16. The summed E-state index contributed by atoms with van der Waals surface area (Å²) in [6.45, 7) is 0. The number of nitrogens with zero attached hydrogens (tertiary/aromatic N) is 2. The van der Waals surface area contributed by atoms with Crippen LogP contribution in [0, 0.1) is 0 Å². The van der Waals surface area contributed by atoms with Gasteiger partial charge in [-0.15, -0.1) is 0 Å². The molecule has 0 saturated carbocycles. The molecule has 5 heteroatoms. The van der Waals surface area contributed by atoms with Crippen LogP contribution in [-0.4, -0.2) is 9.97 Å². The molecule has 4 nitrogen and oxygen atoms in total. The predicted octanol–water partition coefficient (Wildman–Crippen LogP) is 1.79. The average Bonchev–Trinajstić information content (AvgIpc) is 2.25. The molecule has 1 heterocycles. The van der Waals surface area contributed by atoms with Crippen LogP contribution in [0.25, 0.3) is 0 Å². The molecule has 0 radical (unpaired) electrons. The quantitative estimate of drug-likeness (QED) is 0.751. The number of nitrogen functional groups attached to an aromatic ring is 2. The first-order valence-electron chi connectivity index (χ1n) is 4.34. The van der Waals surface area contributed by atoms with Crippen LogP contribution in [0.15, 0.2) is 46.7 Å². The van der Waals surface area contributed by atoms with Gasteiger partial charge in [0.25, 0.3) is 0 Å². The summed E-state index contributed by atoms with van der Waals surface area (Å²) < 4.78 is 0. The van der Waals surface area contributed by atoms with Crippen LogP contribution >= 0.6 is 11.8 Å². The van der Waals surface area contributed by atoms with Crippen molar-refractivity contribution in [3.63, 3.8) is 0 Å². The summed E-state index contributed by atoms with van der Waals surface area (Å²) in [7, 11) is 0. The lowest BCUT2D eigenvalue weighted by molar-refractivity contribution is 1.05. The lowest BCUT2D eigenvalue weighted by Crippen LogP contribution is -1.93. The van der Waals surface area contributed by atoms with Gasteiger partial charge in [0.1, 0.15) is 5.03 Å². The van der Waals surface area contributed by atoms with Gasteiger partial charge in [-0.1, -0.05) is 11.8 Å². The van der Waals surface area contributed by atoms with Crippen LogP contribution in [0.5, 0.6) is 0 Å². The summed E-state index contributed by atoms with van der Waals surface area (Å²) >= 11 is 1.50. The fourth-order valence-electron chi connectivity index (χ4n) is 1.08. The van der Waals surface area contributed by atoms with Crippen LogP contribution in [-0.2, 0) is 0 Å². The van der Waals surface area contributed by atoms with Crippen LogP contribution in [0.3, 0.4) is 0 Å². The number of nitrogens with two attached hydrogens (primary N) is 2. The van der Waals surface area contributed by atoms with E-state index >= 15 is 0 Å². The zero-order chi connectivity index (χ0) is 10.7. The zero-order valence-corrected chi connectivity index (χ0v) is 8.74. The van der Waals surface area contributed by atoms with Crippen molar-refractivity contribution in [2.24, 2.45) is 0 Å². The first-order chi connectivity index (χ1) is 7.25. The van der Waals surface area contributed by atoms with Crippen molar-refractivity contribution in [2.75, 3.05) is 11.5 Å². The van der Waals surface area contributed by atoms with E-state index in [1.165, 1.54) is 11.8 Å². The molecule has 0 bridgehead atoms. The number of anilines is 2. The third kappa shape index (κ3) is 2.38. The lowest BCUT2D eigenvalue weighted by atomic mass is 10.3. The Morgan fingerprint density at radius 2 is 1.93 bits per heavy atom. The van der Waals surface area contributed by atoms with Gasteiger partial charge in [0.2, 0.25) is 0 Å². The number of aromatic nitrogens is 2. The third-order valence-electron chi connectivity index (χ3n) is 1.82. The van der Waals surface area contributed by atoms with Crippen molar-refractivity contribution in [1.82, 2.24) is 9.97 Å². The maximum Gasteiger partial charge on any atom is 0.119 e. The fraction of sp³-hybridized carbons (Fsp3) is 0. The van der Waals surface area contributed by atoms with E-state index in [1.807, 2.05) is 12.1 Å². The van der Waals surface area contributed by atoms with Gasteiger partial charge in [-0.25, -0.2) is 4.98 Å². The molecule has 0 saturated heterocycles. The molecule has 0 spiro atoms. The monoisotopic (exact) mass is 218 g/mol. The number of hydrogen-bond acceptors (Lipinski definition) is 5. The number of rotatable bonds is 2. The highest BCUT2D eigenvalue weighted by Gasteiger charge is 2.00. The van der Waals surface area contributed by atoms with E-state index < -0.39 is 0 Å². The highest BCUT2D eigenvalue weighted by Crippen LogP contribution is 2.28. The molecule has 1 aromatic carbocycles. The molecular formula is C10H10N4S. The minimum Gasteiger partial charge on any atom is -0.397 e. The summed E-state index contributed by atoms with van der Waals surface area (Å²) in [5.41, 5.74) is 12.5. The predicted molar refractivity (Wildman–Crippen MR) is 61.4 cm³/mol. The van der Waals surface area contributed by atoms with E-state index in [9.17, 15) is 0 Å². The Morgan fingerprint density at radius 3 is 2.60 bits per heavy atom. The van der Waals surface area contributed by atoms with E-state index in [-0.39, 0.29) is 0 Å². The number of hydrogen-bond donors (Lipinski definition) is 2. The van der Waals surface area contributed by atoms with Gasteiger partial charge in [0.15, 0.2) is 0 Å². The van der Waals surface area contributed by atoms with Crippen molar-refractivity contribution >= 4 is 23.1 Å². The molecule has 0 aliphatic carbocycles. The Hall–Kier alpha value is -1.75. The van der Waals surface area contributed by atoms with Gasteiger partial charge in [0, 0.05) is 17.3 Å². The van der Waals surface area contributed by atoms with Crippen LogP contribution in [0.1, 0.15) is 0 Å². The van der Waals surface area contributed by atoms with E-state index in [0.29, 0.717) is 11.4 Å². The second-order valence-electron chi connectivity index (χ2n) is 2.94. The molecule has 2 aromatic rings. The molecule has 0 fully saturated rings. The SMILES string of the molecule is Nc1ccc(Sc2cnccn2)cc1N. The molecule has 0 aliphatic heterocycles. The van der Waals surface area contributed by atoms with Gasteiger partial charge in [0.05, 0.1) is 17.6 Å². The standard InChI is InChI=1S/C10H10N4S/c11-8-2-1-7(5-9(8)12)15-10-6-13-3-4-14-10/h1-6H,11-12H2. The summed E-state index contributed by atoms with van der Waals surface area (Å²) in [5.74, 6) is 0. The summed E-state index contributed by atoms with van der Waals surface area (Å²) in [4.78, 5) is 9.14. The number of benzene rings is 1. The van der Waals surface area contributed by atoms with Gasteiger partial charge < -0.3 is 11.5 Å². The largest absolute Gasteiger partial charge is 0.397 e. The Labute approximate surface area is 91.7 Å². The molecule has 1 aromatic heterocycles. The Bertz CT molecular complexity index is 458. The smallest absolute Gasteiger partial charge is 0.119 e. The third-order valence-corrected chi connectivity index (χ3v) is 2.73. The van der Waals surface area contributed by atoms with Crippen molar-refractivity contribution in [2.45, 2.75) is 9.92 Å². The summed E-state index contributed by atoms with van der Waals surface area (Å²) in [6, 6.07) is 5.52. The molecule has 4 N–H and O–H groups in total. The van der Waals surface area contributed by atoms with Crippen LogP contribution in [0.4, 0.5) is 11.4 Å². The van der Waals surface area contributed by atoms with Crippen LogP contribution in [0.2, 0.25) is 0 Å². The second kappa shape index (κ2) is 4.18. The highest BCUT2D eigenvalue weighted by atomic mass is 32.2. The van der Waals surface area contributed by atoms with Crippen LogP contribution < -0.4 is 11.5 Å². The topological polar surface area (TPSA) is 77.8 Å². The summed E-state index contributed by atoms with van der Waals surface area (Å²) in [6.07, 6.45) is 5.00. The van der Waals surface area contributed by atoms with E-state index in [0.717, 1.165) is 9.92 Å². The molecule has 76 valence electrons. The van der Waals surface area contributed by atoms with Crippen molar-refractivity contribution in [1.29, 1.82) is 0 Å². The average molecular weight is 218 g/mol. The molecule has 15 heavy (non-hydrogen) atoms. The molecular weight excluding hydrogens is 208 g/mol. The maximum atomic E-state index is 5.70. The minimum absolute atomic E-state index is 0.587. The fourth-order valence-corrected chi connectivity index (χ4v) is 1.87. The highest BCUT2D eigenvalue weighted by molar-refractivity contribution is 7.99. The van der Waals surface area contributed by atoms with Gasteiger partial charge in [-0.2, -0.15) is 0 Å². The first kappa shape index (κ1) is 9.79. The minimum atomic E-state index is 0.587. The van der Waals surface area contributed by atoms with Gasteiger partial charge >= 0.3 is 0 Å². The van der Waals surface area contributed by atoms with E-state index in [2.05, 4.69) is 9.97 Å². The van der Waals surface area contributed by atoms with Gasteiger partial charge in [-0.3, -0.25) is 4.98 Å². The maximum absolute atomic E-state index is 5.70. The van der Waals surface area contributed by atoms with E-state index in [4.69, 9.17) is 11.5 Å².